The van der Waals surface area contributed by atoms with Crippen LogP contribution in [0.2, 0.25) is 0 Å². The second kappa shape index (κ2) is 6.13. The SMILES string of the molecule is COc1ccc(OCc2nc(C(=O)NC3CC3)cs2)cc1. The van der Waals surface area contributed by atoms with Crippen LogP contribution in [0.3, 0.4) is 0 Å². The number of aromatic nitrogens is 1. The lowest BCUT2D eigenvalue weighted by Crippen LogP contribution is -2.25. The Morgan fingerprint density at radius 1 is 1.33 bits per heavy atom. The van der Waals surface area contributed by atoms with Gasteiger partial charge >= 0.3 is 0 Å². The van der Waals surface area contributed by atoms with Crippen LogP contribution >= 0.6 is 11.3 Å². The molecule has 110 valence electrons. The van der Waals surface area contributed by atoms with Crippen LogP contribution in [0.5, 0.6) is 11.5 Å². The number of thiazole rings is 1. The van der Waals surface area contributed by atoms with Gasteiger partial charge in [-0.1, -0.05) is 0 Å². The van der Waals surface area contributed by atoms with E-state index in [4.69, 9.17) is 9.47 Å². The molecular formula is C15H16N2O3S. The van der Waals surface area contributed by atoms with E-state index >= 15 is 0 Å². The molecule has 1 fully saturated rings. The minimum absolute atomic E-state index is 0.0931. The van der Waals surface area contributed by atoms with Gasteiger partial charge in [-0.15, -0.1) is 11.3 Å². The van der Waals surface area contributed by atoms with Gasteiger partial charge in [0.2, 0.25) is 0 Å². The molecule has 0 atom stereocenters. The summed E-state index contributed by atoms with van der Waals surface area (Å²) in [5.41, 5.74) is 0.472. The normalized spacial score (nSPS) is 13.8. The Hall–Kier alpha value is -2.08. The highest BCUT2D eigenvalue weighted by Crippen LogP contribution is 2.21. The van der Waals surface area contributed by atoms with E-state index < -0.39 is 0 Å². The predicted molar refractivity (Wildman–Crippen MR) is 79.9 cm³/mol. The van der Waals surface area contributed by atoms with Crippen molar-refractivity contribution in [2.45, 2.75) is 25.5 Å². The lowest BCUT2D eigenvalue weighted by atomic mass is 10.3. The Bertz CT molecular complexity index is 620. The Balaban J connectivity index is 1.54. The van der Waals surface area contributed by atoms with Crippen molar-refractivity contribution in [3.05, 3.63) is 40.3 Å². The van der Waals surface area contributed by atoms with Gasteiger partial charge in [0.15, 0.2) is 0 Å². The number of ether oxygens (including phenoxy) is 2. The topological polar surface area (TPSA) is 60.5 Å². The molecule has 1 amide bonds. The number of nitrogens with one attached hydrogen (secondary N) is 1. The molecule has 3 rings (SSSR count). The fourth-order valence-corrected chi connectivity index (χ4v) is 2.47. The van der Waals surface area contributed by atoms with E-state index in [1.54, 1.807) is 12.5 Å². The van der Waals surface area contributed by atoms with Gasteiger partial charge < -0.3 is 14.8 Å². The fourth-order valence-electron chi connectivity index (χ4n) is 1.79. The number of benzene rings is 1. The van der Waals surface area contributed by atoms with Gasteiger partial charge in [0.1, 0.15) is 28.8 Å². The average molecular weight is 304 g/mol. The molecule has 21 heavy (non-hydrogen) atoms. The van der Waals surface area contributed by atoms with Gasteiger partial charge in [0.25, 0.3) is 5.91 Å². The third kappa shape index (κ3) is 3.72. The number of hydrogen-bond donors (Lipinski definition) is 1. The molecule has 0 bridgehead atoms. The number of rotatable bonds is 6. The Labute approximate surface area is 126 Å². The van der Waals surface area contributed by atoms with Gasteiger partial charge in [-0.2, -0.15) is 0 Å². The molecule has 1 saturated carbocycles. The standard InChI is InChI=1S/C15H16N2O3S/c1-19-11-4-6-12(7-5-11)20-8-14-17-13(9-21-14)15(18)16-10-2-3-10/h4-7,9-10H,2-3,8H2,1H3,(H,16,18). The largest absolute Gasteiger partial charge is 0.497 e. The van der Waals surface area contributed by atoms with E-state index in [9.17, 15) is 4.79 Å². The van der Waals surface area contributed by atoms with Crippen LogP contribution in [0.1, 0.15) is 28.3 Å². The molecule has 1 aliphatic carbocycles. The number of amides is 1. The first kappa shape index (κ1) is 13.9. The van der Waals surface area contributed by atoms with Crippen molar-refractivity contribution >= 4 is 17.2 Å². The van der Waals surface area contributed by atoms with Crippen LogP contribution in [-0.4, -0.2) is 24.0 Å². The minimum Gasteiger partial charge on any atom is -0.497 e. The third-order valence-corrected chi connectivity index (χ3v) is 3.94. The predicted octanol–water partition coefficient (Wildman–Crippen LogP) is 2.62. The highest BCUT2D eigenvalue weighted by Gasteiger charge is 2.24. The lowest BCUT2D eigenvalue weighted by Gasteiger charge is -2.05. The van der Waals surface area contributed by atoms with Gasteiger partial charge in [-0.05, 0) is 37.1 Å². The highest BCUT2D eigenvalue weighted by atomic mass is 32.1. The molecule has 1 N–H and O–H groups in total. The summed E-state index contributed by atoms with van der Waals surface area (Å²) in [6.07, 6.45) is 2.15. The maximum absolute atomic E-state index is 11.8. The summed E-state index contributed by atoms with van der Waals surface area (Å²) in [5.74, 6) is 1.44. The van der Waals surface area contributed by atoms with Crippen LogP contribution in [-0.2, 0) is 6.61 Å². The first-order valence-corrected chi connectivity index (χ1v) is 7.64. The molecule has 2 aromatic rings. The van der Waals surface area contributed by atoms with Gasteiger partial charge in [-0.3, -0.25) is 4.79 Å². The maximum Gasteiger partial charge on any atom is 0.270 e. The van der Waals surface area contributed by atoms with E-state index in [0.29, 0.717) is 18.3 Å². The minimum atomic E-state index is -0.0931. The molecule has 1 aromatic heterocycles. The second-order valence-electron chi connectivity index (χ2n) is 4.84. The Morgan fingerprint density at radius 3 is 2.71 bits per heavy atom. The molecule has 0 aliphatic heterocycles. The van der Waals surface area contributed by atoms with Crippen LogP contribution in [0.4, 0.5) is 0 Å². The maximum atomic E-state index is 11.8. The number of hydrogen-bond acceptors (Lipinski definition) is 5. The summed E-state index contributed by atoms with van der Waals surface area (Å²) in [6.45, 7) is 0.355. The quantitative estimate of drug-likeness (QED) is 0.891. The smallest absolute Gasteiger partial charge is 0.270 e. The van der Waals surface area contributed by atoms with Crippen molar-refractivity contribution in [1.29, 1.82) is 0 Å². The molecule has 0 unspecified atom stereocenters. The van der Waals surface area contributed by atoms with Crippen molar-refractivity contribution in [1.82, 2.24) is 10.3 Å². The third-order valence-electron chi connectivity index (χ3n) is 3.12. The van der Waals surface area contributed by atoms with Crippen LogP contribution < -0.4 is 14.8 Å². The lowest BCUT2D eigenvalue weighted by molar-refractivity contribution is 0.0946. The zero-order valence-electron chi connectivity index (χ0n) is 11.7. The van der Waals surface area contributed by atoms with Crippen molar-refractivity contribution in [2.24, 2.45) is 0 Å². The molecular weight excluding hydrogens is 288 g/mol. The zero-order valence-corrected chi connectivity index (χ0v) is 12.5. The zero-order chi connectivity index (χ0) is 14.7. The van der Waals surface area contributed by atoms with Gasteiger partial charge in [0, 0.05) is 11.4 Å². The molecule has 1 aliphatic rings. The Morgan fingerprint density at radius 2 is 2.05 bits per heavy atom. The summed E-state index contributed by atoms with van der Waals surface area (Å²) in [6, 6.07) is 7.70. The number of carbonyl (C=O) groups is 1. The molecule has 5 nitrogen and oxygen atoms in total. The average Bonchev–Trinajstić information content (AvgIpc) is 3.19. The number of nitrogens with zero attached hydrogens (tertiary/aromatic N) is 1. The van der Waals surface area contributed by atoms with E-state index in [1.807, 2.05) is 24.3 Å². The molecule has 1 aromatic carbocycles. The van der Waals surface area contributed by atoms with Crippen LogP contribution in [0, 0.1) is 0 Å². The van der Waals surface area contributed by atoms with Crippen LogP contribution in [0.25, 0.3) is 0 Å². The van der Waals surface area contributed by atoms with E-state index in [1.165, 1.54) is 11.3 Å². The summed E-state index contributed by atoms with van der Waals surface area (Å²) < 4.78 is 10.7. The van der Waals surface area contributed by atoms with Crippen molar-refractivity contribution in [3.8, 4) is 11.5 Å². The Kier molecular flexibility index (Phi) is 4.06. The second-order valence-corrected chi connectivity index (χ2v) is 5.78. The molecule has 1 heterocycles. The highest BCUT2D eigenvalue weighted by molar-refractivity contribution is 7.09. The molecule has 0 radical (unpaired) electrons. The number of methoxy groups -OCH3 is 1. The van der Waals surface area contributed by atoms with Crippen molar-refractivity contribution < 1.29 is 14.3 Å². The van der Waals surface area contributed by atoms with Gasteiger partial charge in [0.05, 0.1) is 7.11 Å². The van der Waals surface area contributed by atoms with E-state index in [2.05, 4.69) is 10.3 Å². The first-order chi connectivity index (χ1) is 10.2. The monoisotopic (exact) mass is 304 g/mol. The summed E-state index contributed by atoms with van der Waals surface area (Å²) in [7, 11) is 1.62. The number of carbonyl (C=O) groups excluding carboxylic acids is 1. The summed E-state index contributed by atoms with van der Waals surface area (Å²) in [4.78, 5) is 16.1. The summed E-state index contributed by atoms with van der Waals surface area (Å²) in [5, 5.41) is 5.47. The summed E-state index contributed by atoms with van der Waals surface area (Å²) >= 11 is 1.43. The van der Waals surface area contributed by atoms with Crippen molar-refractivity contribution in [2.75, 3.05) is 7.11 Å². The molecule has 0 spiro atoms. The first-order valence-electron chi connectivity index (χ1n) is 6.77. The fraction of sp³-hybridized carbons (Fsp3) is 0.333. The van der Waals surface area contributed by atoms with Crippen LogP contribution in [0.15, 0.2) is 29.6 Å². The van der Waals surface area contributed by atoms with Crippen molar-refractivity contribution in [3.63, 3.8) is 0 Å². The van der Waals surface area contributed by atoms with E-state index in [-0.39, 0.29) is 5.91 Å². The van der Waals surface area contributed by atoms with Gasteiger partial charge in [-0.25, -0.2) is 4.98 Å². The molecule has 0 saturated heterocycles. The molecule has 6 heteroatoms. The van der Waals surface area contributed by atoms with E-state index in [0.717, 1.165) is 29.3 Å².